The number of nitrogens with one attached hydrogen (secondary N) is 1. The minimum Gasteiger partial charge on any atom is -0.445 e. The molecule has 1 amide bonds. The van der Waals surface area contributed by atoms with Gasteiger partial charge in [-0.3, -0.25) is 0 Å². The van der Waals surface area contributed by atoms with Crippen molar-refractivity contribution < 1.29 is 24.2 Å². The van der Waals surface area contributed by atoms with Gasteiger partial charge in [0, 0.05) is 19.4 Å². The molecule has 4 saturated carbocycles. The molecule has 7 nitrogen and oxygen atoms in total. The predicted molar refractivity (Wildman–Crippen MR) is 173 cm³/mol. The lowest BCUT2D eigenvalue weighted by molar-refractivity contribution is 0.0471. The van der Waals surface area contributed by atoms with Crippen molar-refractivity contribution in [3.63, 3.8) is 0 Å². The van der Waals surface area contributed by atoms with Crippen LogP contribution < -0.4 is 5.32 Å². The number of aryl methyl sites for hydroxylation is 1. The monoisotopic (exact) mass is 608 g/mol. The van der Waals surface area contributed by atoms with E-state index >= 15 is 0 Å². The number of amides is 1. The van der Waals surface area contributed by atoms with Crippen LogP contribution in [0, 0.1) is 23.2 Å². The Labute approximate surface area is 264 Å². The summed E-state index contributed by atoms with van der Waals surface area (Å²) < 4.78 is 12.4. The maximum absolute atomic E-state index is 12.7. The molecule has 244 valence electrons. The number of hydrogen-bond acceptors (Lipinski definition) is 6. The van der Waals surface area contributed by atoms with Crippen LogP contribution in [0.2, 0.25) is 0 Å². The zero-order valence-electron chi connectivity index (χ0n) is 27.6. The van der Waals surface area contributed by atoms with Crippen molar-refractivity contribution in [3.05, 3.63) is 53.3 Å². The third kappa shape index (κ3) is 6.89. The number of rotatable bonds is 12. The highest BCUT2D eigenvalue weighted by molar-refractivity contribution is 5.67. The lowest BCUT2D eigenvalue weighted by Crippen LogP contribution is -2.38. The standard InChI is InChI=1S/C37H56N2O5/c1-6-8-11-29-23-39-34(43-29)37(19-20-37)33(44-35(42)38-7-2)17-12-24(3)30-15-16-31-26(10-9-18-36(30,31)5)13-14-27-21-28(40)22-32(41)25(27)4/h13-14,23-24,28,30-33,40-41H,4,6-12,15-22H2,1-3,5H3,(H,38,42)/b26-13+,27-14-/t24-,28-,30-,31+,32+,33+,36-/m1/s1. The zero-order valence-corrected chi connectivity index (χ0v) is 27.6. The molecule has 0 radical (unpaired) electrons. The highest BCUT2D eigenvalue weighted by atomic mass is 16.6. The lowest BCUT2D eigenvalue weighted by Gasteiger charge is -2.44. The molecular weight excluding hydrogens is 552 g/mol. The third-order valence-corrected chi connectivity index (χ3v) is 11.6. The summed E-state index contributed by atoms with van der Waals surface area (Å²) in [5.41, 5.74) is 3.18. The van der Waals surface area contributed by atoms with E-state index in [1.165, 1.54) is 31.3 Å². The van der Waals surface area contributed by atoms with Crippen LogP contribution in [0.4, 0.5) is 4.79 Å². The summed E-state index contributed by atoms with van der Waals surface area (Å²) in [4.78, 5) is 17.4. The van der Waals surface area contributed by atoms with Crippen LogP contribution in [-0.4, -0.2) is 46.1 Å². The normalized spacial score (nSPS) is 32.8. The number of allylic oxidation sites excluding steroid dienone is 3. The van der Waals surface area contributed by atoms with Crippen LogP contribution in [-0.2, 0) is 16.6 Å². The van der Waals surface area contributed by atoms with Gasteiger partial charge in [-0.2, -0.15) is 0 Å². The van der Waals surface area contributed by atoms with Crippen molar-refractivity contribution in [1.82, 2.24) is 10.3 Å². The second kappa shape index (κ2) is 13.9. The Morgan fingerprint density at radius 1 is 1.23 bits per heavy atom. The average Bonchev–Trinajstić information content (AvgIpc) is 3.51. The fraction of sp³-hybridized carbons (Fsp3) is 0.730. The van der Waals surface area contributed by atoms with Crippen LogP contribution in [0.1, 0.15) is 123 Å². The number of aromatic nitrogens is 1. The first-order chi connectivity index (χ1) is 21.1. The summed E-state index contributed by atoms with van der Waals surface area (Å²) in [7, 11) is 0. The molecule has 0 spiro atoms. The molecule has 0 saturated heterocycles. The lowest BCUT2D eigenvalue weighted by atomic mass is 9.60. The first kappa shape index (κ1) is 33.0. The summed E-state index contributed by atoms with van der Waals surface area (Å²) in [6.45, 7) is 13.7. The summed E-state index contributed by atoms with van der Waals surface area (Å²) in [5, 5.41) is 23.3. The molecule has 0 unspecified atom stereocenters. The number of hydrogen-bond donors (Lipinski definition) is 3. The van der Waals surface area contributed by atoms with Gasteiger partial charge in [0.15, 0.2) is 0 Å². The quantitative estimate of drug-likeness (QED) is 0.224. The van der Waals surface area contributed by atoms with Crippen LogP contribution >= 0.6 is 0 Å². The first-order valence-electron chi connectivity index (χ1n) is 17.5. The molecule has 1 heterocycles. The Bertz CT molecular complexity index is 1230. The van der Waals surface area contributed by atoms with E-state index in [1.807, 2.05) is 13.1 Å². The molecule has 1 aromatic heterocycles. The fourth-order valence-corrected chi connectivity index (χ4v) is 8.87. The smallest absolute Gasteiger partial charge is 0.407 e. The summed E-state index contributed by atoms with van der Waals surface area (Å²) in [6.07, 6.45) is 18.2. The van der Waals surface area contributed by atoms with Crippen molar-refractivity contribution in [1.29, 1.82) is 0 Å². The minimum atomic E-state index is -0.654. The molecule has 0 bridgehead atoms. The predicted octanol–water partition coefficient (Wildman–Crippen LogP) is 7.72. The molecule has 1 aromatic rings. The minimum absolute atomic E-state index is 0.245. The van der Waals surface area contributed by atoms with E-state index < -0.39 is 12.2 Å². The number of alkyl carbamates (subject to hydrolysis) is 1. The van der Waals surface area contributed by atoms with Crippen LogP contribution in [0.5, 0.6) is 0 Å². The van der Waals surface area contributed by atoms with Crippen molar-refractivity contribution >= 4 is 6.09 Å². The van der Waals surface area contributed by atoms with E-state index in [1.54, 1.807) is 0 Å². The SMILES string of the molecule is C=C1/C(=C\C=C2/CCC[C@]3(C)[C@@H]([C@H](C)CC[C@H](OC(=O)NCC)C4(c5ncc(CCCC)o5)CC4)CC[C@@H]23)C[C@@H](O)C[C@@H]1O. The first-order valence-corrected chi connectivity index (χ1v) is 17.5. The third-order valence-electron chi connectivity index (χ3n) is 11.6. The summed E-state index contributed by atoms with van der Waals surface area (Å²) >= 11 is 0. The van der Waals surface area contributed by atoms with Crippen molar-refractivity contribution in [2.45, 2.75) is 141 Å². The number of carbonyl (C=O) groups excluding carboxylic acids is 1. The van der Waals surface area contributed by atoms with Gasteiger partial charge < -0.3 is 24.7 Å². The fourth-order valence-electron chi connectivity index (χ4n) is 8.87. The highest BCUT2D eigenvalue weighted by Gasteiger charge is 2.57. The number of fused-ring (bicyclic) bond motifs is 1. The number of aliphatic hydroxyl groups is 2. The summed E-state index contributed by atoms with van der Waals surface area (Å²) in [5.74, 6) is 3.35. The number of oxazole rings is 1. The van der Waals surface area contributed by atoms with Crippen LogP contribution in [0.15, 0.2) is 46.1 Å². The van der Waals surface area contributed by atoms with E-state index in [4.69, 9.17) is 14.1 Å². The van der Waals surface area contributed by atoms with Crippen molar-refractivity contribution in [2.24, 2.45) is 23.2 Å². The zero-order chi connectivity index (χ0) is 31.5. The number of nitrogens with zero attached hydrogens (tertiary/aromatic N) is 1. The van der Waals surface area contributed by atoms with E-state index in [0.717, 1.165) is 74.2 Å². The molecule has 3 N–H and O–H groups in total. The van der Waals surface area contributed by atoms with Crippen molar-refractivity contribution in [2.75, 3.05) is 6.54 Å². The van der Waals surface area contributed by atoms with Gasteiger partial charge in [-0.1, -0.05) is 51.5 Å². The molecule has 5 rings (SSSR count). The molecule has 7 atom stereocenters. The van der Waals surface area contributed by atoms with Gasteiger partial charge in [0.25, 0.3) is 0 Å². The molecule has 0 aliphatic heterocycles. The molecule has 4 aliphatic carbocycles. The second-order valence-electron chi connectivity index (χ2n) is 14.5. The molecule has 4 fully saturated rings. The van der Waals surface area contributed by atoms with Gasteiger partial charge in [-0.25, -0.2) is 9.78 Å². The Hall–Kier alpha value is -2.38. The number of aliphatic hydroxyl groups excluding tert-OH is 2. The van der Waals surface area contributed by atoms with Gasteiger partial charge >= 0.3 is 6.09 Å². The van der Waals surface area contributed by atoms with E-state index in [-0.39, 0.29) is 23.0 Å². The van der Waals surface area contributed by atoms with Gasteiger partial charge in [0.2, 0.25) is 5.89 Å². The second-order valence-corrected chi connectivity index (χ2v) is 14.5. The highest BCUT2D eigenvalue weighted by Crippen LogP contribution is 2.60. The van der Waals surface area contributed by atoms with Crippen LogP contribution in [0.25, 0.3) is 0 Å². The average molecular weight is 609 g/mol. The van der Waals surface area contributed by atoms with Gasteiger partial charge in [0.1, 0.15) is 11.9 Å². The van der Waals surface area contributed by atoms with Crippen LogP contribution in [0.3, 0.4) is 0 Å². The van der Waals surface area contributed by atoms with Gasteiger partial charge in [-0.05, 0) is 112 Å². The topological polar surface area (TPSA) is 105 Å². The van der Waals surface area contributed by atoms with E-state index in [0.29, 0.717) is 37.1 Å². The molecule has 4 aliphatic rings. The Morgan fingerprint density at radius 2 is 2.02 bits per heavy atom. The van der Waals surface area contributed by atoms with E-state index in [2.05, 4.69) is 44.8 Å². The maximum atomic E-state index is 12.7. The van der Waals surface area contributed by atoms with Crippen molar-refractivity contribution in [3.8, 4) is 0 Å². The molecular formula is C37H56N2O5. The molecule has 44 heavy (non-hydrogen) atoms. The number of unbranched alkanes of at least 4 members (excludes halogenated alkanes) is 1. The Kier molecular flexibility index (Phi) is 10.5. The molecule has 0 aromatic carbocycles. The Balaban J connectivity index is 1.28. The summed E-state index contributed by atoms with van der Waals surface area (Å²) in [6, 6.07) is 0. The maximum Gasteiger partial charge on any atom is 0.407 e. The largest absolute Gasteiger partial charge is 0.445 e. The molecule has 7 heteroatoms. The van der Waals surface area contributed by atoms with Gasteiger partial charge in [-0.15, -0.1) is 0 Å². The number of ether oxygens (including phenoxy) is 1. The van der Waals surface area contributed by atoms with E-state index in [9.17, 15) is 15.0 Å². The van der Waals surface area contributed by atoms with Gasteiger partial charge in [0.05, 0.1) is 23.8 Å². The number of carbonyl (C=O) groups is 1. The Morgan fingerprint density at radius 3 is 2.75 bits per heavy atom.